The lowest BCUT2D eigenvalue weighted by atomic mass is 10.1. The van der Waals surface area contributed by atoms with E-state index in [1.165, 1.54) is 35.4 Å². The van der Waals surface area contributed by atoms with E-state index in [9.17, 15) is 17.6 Å². The van der Waals surface area contributed by atoms with E-state index in [4.69, 9.17) is 0 Å². The summed E-state index contributed by atoms with van der Waals surface area (Å²) >= 11 is 1.04. The third-order valence-corrected chi connectivity index (χ3v) is 9.12. The lowest BCUT2D eigenvalue weighted by Gasteiger charge is -2.38. The average molecular weight is 488 g/mol. The van der Waals surface area contributed by atoms with Crippen LogP contribution in [0.3, 0.4) is 0 Å². The predicted molar refractivity (Wildman–Crippen MR) is 130 cm³/mol. The van der Waals surface area contributed by atoms with E-state index in [2.05, 4.69) is 30.9 Å². The average Bonchev–Trinajstić information content (AvgIpc) is 3.36. The summed E-state index contributed by atoms with van der Waals surface area (Å²) in [5.74, 6) is -1.04. The number of anilines is 2. The molecule has 3 aromatic rings. The first-order valence-corrected chi connectivity index (χ1v) is 13.0. The number of para-hydroxylation sites is 1. The molecule has 0 spiro atoms. The van der Waals surface area contributed by atoms with Crippen LogP contribution < -0.4 is 9.21 Å². The number of aryl methyl sites for hydroxylation is 1. The van der Waals surface area contributed by atoms with Crippen LogP contribution in [0.2, 0.25) is 0 Å². The van der Waals surface area contributed by atoms with Crippen molar-refractivity contribution in [3.63, 3.8) is 0 Å². The molecule has 9 heteroatoms. The molecule has 1 fully saturated rings. The molecular weight excluding hydrogens is 461 g/mol. The second-order valence-corrected chi connectivity index (χ2v) is 11.0. The van der Waals surface area contributed by atoms with Crippen LogP contribution in [0.4, 0.5) is 15.8 Å². The van der Waals surface area contributed by atoms with Crippen molar-refractivity contribution in [1.29, 1.82) is 0 Å². The minimum absolute atomic E-state index is 0.0679. The van der Waals surface area contributed by atoms with Crippen molar-refractivity contribution >= 4 is 38.6 Å². The minimum atomic E-state index is -4.08. The molecule has 0 aliphatic carbocycles. The Morgan fingerprint density at radius 2 is 1.73 bits per heavy atom. The molecule has 174 valence electrons. The fourth-order valence-electron chi connectivity index (χ4n) is 3.97. The quantitative estimate of drug-likeness (QED) is 0.526. The Kier molecular flexibility index (Phi) is 6.71. The van der Waals surface area contributed by atoms with Crippen LogP contribution >= 0.6 is 11.3 Å². The summed E-state index contributed by atoms with van der Waals surface area (Å²) in [7, 11) is -4.08. The van der Waals surface area contributed by atoms with Crippen molar-refractivity contribution in [1.82, 2.24) is 4.90 Å². The van der Waals surface area contributed by atoms with Crippen LogP contribution in [0, 0.1) is 19.7 Å². The molecule has 1 saturated heterocycles. The summed E-state index contributed by atoms with van der Waals surface area (Å²) in [5.41, 5.74) is 3.44. The maximum Gasteiger partial charge on any atom is 0.274 e. The number of hydrogen-bond acceptors (Lipinski definition) is 5. The van der Waals surface area contributed by atoms with Crippen LogP contribution in [-0.4, -0.2) is 51.9 Å². The summed E-state index contributed by atoms with van der Waals surface area (Å²) < 4.78 is 42.1. The summed E-state index contributed by atoms with van der Waals surface area (Å²) in [4.78, 5) is 17.0. The van der Waals surface area contributed by atoms with E-state index in [0.29, 0.717) is 26.2 Å². The van der Waals surface area contributed by atoms with Gasteiger partial charge in [0.1, 0.15) is 16.6 Å². The number of benzene rings is 2. The van der Waals surface area contributed by atoms with Gasteiger partial charge < -0.3 is 9.80 Å². The number of rotatable bonds is 6. The van der Waals surface area contributed by atoms with E-state index in [1.54, 1.807) is 22.4 Å². The van der Waals surface area contributed by atoms with Gasteiger partial charge in [0.25, 0.3) is 10.0 Å². The highest BCUT2D eigenvalue weighted by atomic mass is 32.2. The van der Waals surface area contributed by atoms with E-state index < -0.39 is 22.4 Å². The third kappa shape index (κ3) is 4.74. The Bertz CT molecular complexity index is 1240. The number of nitrogens with zero attached hydrogens (tertiary/aromatic N) is 3. The summed E-state index contributed by atoms with van der Waals surface area (Å²) in [6.07, 6.45) is 0. The Labute approximate surface area is 197 Å². The molecule has 33 heavy (non-hydrogen) atoms. The third-order valence-electron chi connectivity index (χ3n) is 5.99. The summed E-state index contributed by atoms with van der Waals surface area (Å²) in [6.45, 7) is 5.94. The van der Waals surface area contributed by atoms with E-state index in [1.807, 2.05) is 6.07 Å². The second-order valence-electron chi connectivity index (χ2n) is 7.98. The molecule has 1 aliphatic heterocycles. The van der Waals surface area contributed by atoms with Gasteiger partial charge >= 0.3 is 0 Å². The van der Waals surface area contributed by atoms with Crippen LogP contribution in [0.5, 0.6) is 0 Å². The highest BCUT2D eigenvalue weighted by Crippen LogP contribution is 2.29. The van der Waals surface area contributed by atoms with Gasteiger partial charge in [0.15, 0.2) is 0 Å². The SMILES string of the molecule is Cc1cccc(N2CCN(C(=O)CN(c3ccccc3F)S(=O)(=O)c3cccs3)CC2)c1C. The lowest BCUT2D eigenvalue weighted by Crippen LogP contribution is -2.52. The number of sulfonamides is 1. The Morgan fingerprint density at radius 1 is 1.00 bits per heavy atom. The molecule has 1 aromatic heterocycles. The van der Waals surface area contributed by atoms with Crippen LogP contribution in [0.25, 0.3) is 0 Å². The van der Waals surface area contributed by atoms with Gasteiger partial charge in [0.05, 0.1) is 5.69 Å². The van der Waals surface area contributed by atoms with Gasteiger partial charge in [-0.15, -0.1) is 11.3 Å². The number of thiophene rings is 1. The minimum Gasteiger partial charge on any atom is -0.368 e. The highest BCUT2D eigenvalue weighted by molar-refractivity contribution is 7.94. The zero-order chi connectivity index (χ0) is 23.6. The fourth-order valence-corrected chi connectivity index (χ4v) is 6.50. The molecule has 0 bridgehead atoms. The molecule has 6 nitrogen and oxygen atoms in total. The molecule has 0 unspecified atom stereocenters. The lowest BCUT2D eigenvalue weighted by molar-refractivity contribution is -0.129. The molecule has 4 rings (SSSR count). The fraction of sp³-hybridized carbons (Fsp3) is 0.292. The molecule has 0 atom stereocenters. The second kappa shape index (κ2) is 9.52. The smallest absolute Gasteiger partial charge is 0.274 e. The van der Waals surface area contributed by atoms with Crippen molar-refractivity contribution in [2.24, 2.45) is 0 Å². The van der Waals surface area contributed by atoms with Crippen LogP contribution in [0.1, 0.15) is 11.1 Å². The predicted octanol–water partition coefficient (Wildman–Crippen LogP) is 4.05. The molecule has 2 aromatic carbocycles. The van der Waals surface area contributed by atoms with Crippen LogP contribution in [-0.2, 0) is 14.8 Å². The first-order valence-electron chi connectivity index (χ1n) is 10.7. The normalized spacial score (nSPS) is 14.4. The molecule has 0 N–H and O–H groups in total. The maximum atomic E-state index is 14.6. The number of piperazine rings is 1. The zero-order valence-corrected chi connectivity index (χ0v) is 20.2. The van der Waals surface area contributed by atoms with Gasteiger partial charge in [0.2, 0.25) is 5.91 Å². The highest BCUT2D eigenvalue weighted by Gasteiger charge is 2.32. The number of amides is 1. The molecule has 1 aliphatic rings. The number of carbonyl (C=O) groups excluding carboxylic acids is 1. The standard InChI is InChI=1S/C24H26FN3O3S2/c1-18-7-5-10-21(19(18)2)26-12-14-27(15-13-26)23(29)17-28(22-9-4-3-8-20(22)25)33(30,31)24-11-6-16-32-24/h3-11,16H,12-15,17H2,1-2H3. The Balaban J connectivity index is 1.52. The first kappa shape index (κ1) is 23.3. The van der Waals surface area contributed by atoms with Gasteiger partial charge in [-0.2, -0.15) is 0 Å². The monoisotopic (exact) mass is 487 g/mol. The van der Waals surface area contributed by atoms with Gasteiger partial charge in [-0.1, -0.05) is 30.3 Å². The largest absolute Gasteiger partial charge is 0.368 e. The van der Waals surface area contributed by atoms with Crippen molar-refractivity contribution < 1.29 is 17.6 Å². The molecule has 0 radical (unpaired) electrons. The molecule has 0 saturated carbocycles. The summed E-state index contributed by atoms with van der Waals surface area (Å²) in [5, 5.41) is 1.64. The van der Waals surface area contributed by atoms with E-state index in [-0.39, 0.29) is 15.8 Å². The van der Waals surface area contributed by atoms with Gasteiger partial charge in [-0.3, -0.25) is 9.10 Å². The number of hydrogen-bond donors (Lipinski definition) is 0. The van der Waals surface area contributed by atoms with Gasteiger partial charge in [-0.05, 0) is 54.6 Å². The maximum absolute atomic E-state index is 14.6. The van der Waals surface area contributed by atoms with E-state index >= 15 is 0 Å². The van der Waals surface area contributed by atoms with Crippen molar-refractivity contribution in [3.05, 3.63) is 76.9 Å². The van der Waals surface area contributed by atoms with Crippen LogP contribution in [0.15, 0.2) is 64.2 Å². The van der Waals surface area contributed by atoms with Crippen molar-refractivity contribution in [2.75, 3.05) is 41.9 Å². The number of carbonyl (C=O) groups is 1. The van der Waals surface area contributed by atoms with Gasteiger partial charge in [0, 0.05) is 31.9 Å². The Morgan fingerprint density at radius 3 is 2.39 bits per heavy atom. The Hall–Kier alpha value is -2.91. The van der Waals surface area contributed by atoms with Gasteiger partial charge in [-0.25, -0.2) is 12.8 Å². The topological polar surface area (TPSA) is 60.9 Å². The molecule has 1 amide bonds. The zero-order valence-electron chi connectivity index (χ0n) is 18.6. The molecule has 2 heterocycles. The first-order chi connectivity index (χ1) is 15.8. The van der Waals surface area contributed by atoms with E-state index in [0.717, 1.165) is 21.3 Å². The van der Waals surface area contributed by atoms with Crippen molar-refractivity contribution in [3.8, 4) is 0 Å². The number of halogens is 1. The molecular formula is C24H26FN3O3S2. The summed E-state index contributed by atoms with van der Waals surface area (Å²) in [6, 6.07) is 14.9. The van der Waals surface area contributed by atoms with Crippen molar-refractivity contribution in [2.45, 2.75) is 18.1 Å².